The molecule has 1 heterocycles. The highest BCUT2D eigenvalue weighted by atomic mass is 16.1. The molecule has 1 fully saturated rings. The summed E-state index contributed by atoms with van der Waals surface area (Å²) in [5.41, 5.74) is 6.46. The molecule has 0 aromatic heterocycles. The van der Waals surface area contributed by atoms with Gasteiger partial charge in [-0.15, -0.1) is 0 Å². The molecule has 0 N–H and O–H groups in total. The molecule has 0 radical (unpaired) electrons. The van der Waals surface area contributed by atoms with Crippen LogP contribution in [-0.2, 0) is 10.2 Å². The Morgan fingerprint density at radius 1 is 1.11 bits per heavy atom. The van der Waals surface area contributed by atoms with Gasteiger partial charge in [0.1, 0.15) is 5.78 Å². The first-order valence-electron chi connectivity index (χ1n) is 9.89. The normalized spacial score (nSPS) is 26.6. The third-order valence-electron chi connectivity index (χ3n) is 5.88. The summed E-state index contributed by atoms with van der Waals surface area (Å²) in [6.45, 7) is 7.58. The Labute approximate surface area is 162 Å². The number of nitrogens with zero attached hydrogens (tertiary/aromatic N) is 1. The molecule has 1 aromatic rings. The Balaban J connectivity index is 0.000000314. The van der Waals surface area contributed by atoms with Crippen LogP contribution in [0.25, 0.3) is 5.57 Å². The minimum atomic E-state index is -0.0188. The van der Waals surface area contributed by atoms with Crippen molar-refractivity contribution in [2.75, 3.05) is 6.54 Å². The lowest BCUT2D eigenvalue weighted by Crippen LogP contribution is -2.33. The smallest absolute Gasteiger partial charge is 0.144 e. The predicted octanol–water partition coefficient (Wildman–Crippen LogP) is 5.47. The lowest BCUT2D eigenvalue weighted by atomic mass is 9.63. The maximum Gasteiger partial charge on any atom is 0.144 e. The second kappa shape index (κ2) is 6.92. The van der Waals surface area contributed by atoms with Gasteiger partial charge in [-0.05, 0) is 40.7 Å². The number of carbonyl (C=O) groups is 1. The van der Waals surface area contributed by atoms with Gasteiger partial charge >= 0.3 is 0 Å². The van der Waals surface area contributed by atoms with Crippen molar-refractivity contribution in [2.24, 2.45) is 16.8 Å². The zero-order chi connectivity index (χ0) is 19.0. The lowest BCUT2D eigenvalue weighted by molar-refractivity contribution is -0.122. The van der Waals surface area contributed by atoms with Gasteiger partial charge in [-0.3, -0.25) is 9.79 Å². The molecule has 0 spiro atoms. The number of hydrogen-bond donors (Lipinski definition) is 0. The summed E-state index contributed by atoms with van der Waals surface area (Å²) in [6.07, 6.45) is 14.3. The molecule has 0 saturated heterocycles. The second-order valence-corrected chi connectivity index (χ2v) is 8.54. The number of hydrogen-bond acceptors (Lipinski definition) is 2. The van der Waals surface area contributed by atoms with Gasteiger partial charge in [0.15, 0.2) is 0 Å². The summed E-state index contributed by atoms with van der Waals surface area (Å²) in [6, 6.07) is 8.62. The van der Waals surface area contributed by atoms with Crippen LogP contribution in [0.3, 0.4) is 0 Å². The van der Waals surface area contributed by atoms with Crippen LogP contribution in [0.15, 0.2) is 70.8 Å². The van der Waals surface area contributed by atoms with E-state index < -0.39 is 0 Å². The Morgan fingerprint density at radius 2 is 1.93 bits per heavy atom. The Kier molecular flexibility index (Phi) is 4.59. The maximum atomic E-state index is 12.7. The van der Waals surface area contributed by atoms with E-state index in [-0.39, 0.29) is 11.3 Å². The number of carbonyl (C=O) groups excluding carboxylic acids is 1. The molecule has 138 valence electrons. The van der Waals surface area contributed by atoms with E-state index in [9.17, 15) is 4.79 Å². The molecule has 1 aliphatic heterocycles. The number of allylic oxidation sites excluding steroid dienone is 7. The van der Waals surface area contributed by atoms with E-state index in [1.54, 1.807) is 6.21 Å². The van der Waals surface area contributed by atoms with Crippen molar-refractivity contribution in [3.05, 3.63) is 76.9 Å². The van der Waals surface area contributed by atoms with E-state index in [1.807, 2.05) is 12.2 Å². The SMILES string of the molecule is C1=CCN=C1.CC1CC(=O)C2C(=CC=C3C2=CC(C)(C)c2ccccc23)C1. The van der Waals surface area contributed by atoms with Crippen molar-refractivity contribution in [2.45, 2.75) is 39.0 Å². The molecular formula is C25H27NO. The summed E-state index contributed by atoms with van der Waals surface area (Å²) in [7, 11) is 0. The van der Waals surface area contributed by atoms with E-state index >= 15 is 0 Å². The van der Waals surface area contributed by atoms with Crippen LogP contribution in [0.5, 0.6) is 0 Å². The summed E-state index contributed by atoms with van der Waals surface area (Å²) in [5, 5.41) is 0. The fourth-order valence-corrected chi connectivity index (χ4v) is 4.70. The van der Waals surface area contributed by atoms with Gasteiger partial charge in [-0.1, -0.05) is 74.9 Å². The third kappa shape index (κ3) is 3.29. The van der Waals surface area contributed by atoms with Crippen molar-refractivity contribution < 1.29 is 4.79 Å². The van der Waals surface area contributed by atoms with Crippen molar-refractivity contribution >= 4 is 17.6 Å². The zero-order valence-corrected chi connectivity index (χ0v) is 16.4. The van der Waals surface area contributed by atoms with Gasteiger partial charge < -0.3 is 0 Å². The number of Topliss-reactive ketones (excluding diaryl/α,β-unsaturated/α-hetero) is 1. The largest absolute Gasteiger partial charge is 0.299 e. The Bertz CT molecular complexity index is 913. The van der Waals surface area contributed by atoms with Gasteiger partial charge in [0.2, 0.25) is 0 Å². The van der Waals surface area contributed by atoms with E-state index in [1.165, 1.54) is 27.8 Å². The van der Waals surface area contributed by atoms with Crippen molar-refractivity contribution in [1.29, 1.82) is 0 Å². The lowest BCUT2D eigenvalue weighted by Gasteiger charge is -2.39. The molecule has 2 atom stereocenters. The van der Waals surface area contributed by atoms with E-state index in [0.717, 1.165) is 13.0 Å². The number of rotatable bonds is 0. The van der Waals surface area contributed by atoms with Gasteiger partial charge in [-0.2, -0.15) is 0 Å². The van der Waals surface area contributed by atoms with Crippen molar-refractivity contribution in [3.8, 4) is 0 Å². The highest BCUT2D eigenvalue weighted by Crippen LogP contribution is 2.49. The molecule has 3 aliphatic carbocycles. The zero-order valence-electron chi connectivity index (χ0n) is 16.4. The predicted molar refractivity (Wildman–Crippen MR) is 113 cm³/mol. The van der Waals surface area contributed by atoms with E-state index in [4.69, 9.17) is 0 Å². The fourth-order valence-electron chi connectivity index (χ4n) is 4.70. The van der Waals surface area contributed by atoms with Gasteiger partial charge in [0.25, 0.3) is 0 Å². The molecule has 2 unspecified atom stereocenters. The van der Waals surface area contributed by atoms with Crippen LogP contribution in [0, 0.1) is 11.8 Å². The summed E-state index contributed by atoms with van der Waals surface area (Å²) >= 11 is 0. The summed E-state index contributed by atoms with van der Waals surface area (Å²) < 4.78 is 0. The molecular weight excluding hydrogens is 330 g/mol. The van der Waals surface area contributed by atoms with Gasteiger partial charge in [0.05, 0.1) is 12.5 Å². The number of aliphatic imine (C=N–C) groups is 1. The molecule has 4 aliphatic rings. The second-order valence-electron chi connectivity index (χ2n) is 8.54. The summed E-state index contributed by atoms with van der Waals surface area (Å²) in [4.78, 5) is 16.6. The fraction of sp³-hybridized carbons (Fsp3) is 0.360. The van der Waals surface area contributed by atoms with Gasteiger partial charge in [-0.25, -0.2) is 0 Å². The first-order valence-corrected chi connectivity index (χ1v) is 9.89. The first kappa shape index (κ1) is 17.9. The molecule has 1 saturated carbocycles. The van der Waals surface area contributed by atoms with Crippen LogP contribution < -0.4 is 0 Å². The topological polar surface area (TPSA) is 29.4 Å². The van der Waals surface area contributed by atoms with Crippen molar-refractivity contribution in [1.82, 2.24) is 0 Å². The van der Waals surface area contributed by atoms with Crippen LogP contribution >= 0.6 is 0 Å². The average molecular weight is 357 g/mol. The molecule has 1 aromatic carbocycles. The van der Waals surface area contributed by atoms with Gasteiger partial charge in [0, 0.05) is 18.1 Å². The Morgan fingerprint density at radius 3 is 2.63 bits per heavy atom. The van der Waals surface area contributed by atoms with E-state index in [2.05, 4.69) is 68.3 Å². The molecule has 2 nitrogen and oxygen atoms in total. The van der Waals surface area contributed by atoms with Crippen LogP contribution in [0.1, 0.15) is 44.7 Å². The van der Waals surface area contributed by atoms with Crippen LogP contribution in [-0.4, -0.2) is 18.5 Å². The van der Waals surface area contributed by atoms with Crippen LogP contribution in [0.4, 0.5) is 0 Å². The maximum absolute atomic E-state index is 12.7. The highest BCUT2D eigenvalue weighted by molar-refractivity contribution is 5.98. The highest BCUT2D eigenvalue weighted by Gasteiger charge is 2.40. The van der Waals surface area contributed by atoms with Crippen molar-refractivity contribution in [3.63, 3.8) is 0 Å². The molecule has 2 heteroatoms. The number of benzene rings is 1. The summed E-state index contributed by atoms with van der Waals surface area (Å²) in [5.74, 6) is 0.885. The Hall–Kier alpha value is -2.48. The molecule has 27 heavy (non-hydrogen) atoms. The first-order chi connectivity index (χ1) is 13.0. The quantitative estimate of drug-likeness (QED) is 0.605. The minimum Gasteiger partial charge on any atom is -0.299 e. The number of fused-ring (bicyclic) bond motifs is 5. The number of ketones is 1. The molecule has 5 rings (SSSR count). The third-order valence-corrected chi connectivity index (χ3v) is 5.88. The standard InChI is InChI=1S/C21H22O.C4H5N/c1-13-10-14-8-9-15-16-6-4-5-7-18(16)21(2,3)12-17(15)20(14)19(22)11-13;1-2-4-5-3-1/h4-9,12-13,20H,10-11H2,1-3H3;1-3H,4H2. The monoisotopic (exact) mass is 357 g/mol. The minimum absolute atomic E-state index is 0.00355. The van der Waals surface area contributed by atoms with E-state index in [0.29, 0.717) is 18.1 Å². The molecule has 0 amide bonds. The molecule has 0 bridgehead atoms. The average Bonchev–Trinajstić information content (AvgIpc) is 3.20. The van der Waals surface area contributed by atoms with Crippen LogP contribution in [0.2, 0.25) is 0 Å².